The molecule has 7 heteroatoms. The van der Waals surface area contributed by atoms with Crippen LogP contribution in [0, 0.1) is 6.92 Å². The summed E-state index contributed by atoms with van der Waals surface area (Å²) >= 11 is 0. The van der Waals surface area contributed by atoms with Crippen molar-refractivity contribution in [2.75, 3.05) is 5.43 Å². The molecule has 0 saturated heterocycles. The molecule has 0 spiro atoms. The first kappa shape index (κ1) is 20.0. The van der Waals surface area contributed by atoms with Crippen LogP contribution >= 0.6 is 0 Å². The molecule has 4 aromatic rings. The monoisotopic (exact) mass is 411 g/mol. The number of nitrogens with zero attached hydrogens (tertiary/aromatic N) is 3. The molecule has 0 aliphatic carbocycles. The maximum Gasteiger partial charge on any atom is 0.279 e. The average molecular weight is 411 g/mol. The second-order valence-electron chi connectivity index (χ2n) is 6.90. The molecular formula is C24H21N5O2. The Morgan fingerprint density at radius 1 is 0.968 bits per heavy atom. The molecule has 0 bridgehead atoms. The average Bonchev–Trinajstić information content (AvgIpc) is 2.80. The lowest BCUT2D eigenvalue weighted by Crippen LogP contribution is -2.15. The van der Waals surface area contributed by atoms with Crippen LogP contribution in [-0.4, -0.2) is 21.4 Å². The number of nitrogens with one attached hydrogen (secondary N) is 2. The Morgan fingerprint density at radius 2 is 1.71 bits per heavy atom. The topological polar surface area (TPSA) is 92.3 Å². The summed E-state index contributed by atoms with van der Waals surface area (Å²) in [5.41, 5.74) is 6.40. The number of aromatic nitrogens is 3. The number of aryl methyl sites for hydroxylation is 1. The predicted molar refractivity (Wildman–Crippen MR) is 121 cm³/mol. The van der Waals surface area contributed by atoms with E-state index >= 15 is 0 Å². The highest BCUT2D eigenvalue weighted by molar-refractivity contribution is 5.83. The smallest absolute Gasteiger partial charge is 0.279 e. The molecule has 31 heavy (non-hydrogen) atoms. The van der Waals surface area contributed by atoms with Gasteiger partial charge in [-0.25, -0.2) is 5.43 Å². The van der Waals surface area contributed by atoms with Crippen LogP contribution in [0.5, 0.6) is 5.75 Å². The number of anilines is 1. The molecule has 0 atom stereocenters. The van der Waals surface area contributed by atoms with Gasteiger partial charge in [0.15, 0.2) is 5.69 Å². The van der Waals surface area contributed by atoms with E-state index in [4.69, 9.17) is 4.74 Å². The van der Waals surface area contributed by atoms with E-state index in [1.54, 1.807) is 18.3 Å². The van der Waals surface area contributed by atoms with Crippen LogP contribution in [0.1, 0.15) is 16.7 Å². The summed E-state index contributed by atoms with van der Waals surface area (Å²) in [5, 5.41) is 12.2. The molecule has 154 valence electrons. The van der Waals surface area contributed by atoms with Gasteiger partial charge in [0.2, 0.25) is 5.95 Å². The number of H-pyrrole nitrogens is 1. The molecular weight excluding hydrogens is 390 g/mol. The summed E-state index contributed by atoms with van der Waals surface area (Å²) in [6.45, 7) is 2.51. The Balaban J connectivity index is 1.43. The summed E-state index contributed by atoms with van der Waals surface area (Å²) in [6.07, 6.45) is 1.61. The second-order valence-corrected chi connectivity index (χ2v) is 6.90. The highest BCUT2D eigenvalue weighted by atomic mass is 16.5. The summed E-state index contributed by atoms with van der Waals surface area (Å²) in [6, 6.07) is 24.9. The zero-order chi connectivity index (χ0) is 21.5. The SMILES string of the molecule is Cc1ccc(COc2ccccc2/C=N/Nc2nnc(-c3ccccc3)c(=O)[nH]2)cc1. The first-order chi connectivity index (χ1) is 15.2. The lowest BCUT2D eigenvalue weighted by molar-refractivity contribution is 0.306. The maximum absolute atomic E-state index is 12.3. The molecule has 3 aromatic carbocycles. The Bertz CT molecular complexity index is 1230. The van der Waals surface area contributed by atoms with Crippen molar-refractivity contribution >= 4 is 12.2 Å². The number of ether oxygens (including phenoxy) is 1. The van der Waals surface area contributed by atoms with E-state index in [-0.39, 0.29) is 17.2 Å². The lowest BCUT2D eigenvalue weighted by atomic mass is 10.1. The molecule has 0 unspecified atom stereocenters. The quantitative estimate of drug-likeness (QED) is 0.352. The lowest BCUT2D eigenvalue weighted by Gasteiger charge is -2.09. The van der Waals surface area contributed by atoms with Gasteiger partial charge in [-0.1, -0.05) is 72.3 Å². The summed E-state index contributed by atoms with van der Waals surface area (Å²) in [7, 11) is 0. The third-order valence-corrected chi connectivity index (χ3v) is 4.55. The van der Waals surface area contributed by atoms with E-state index < -0.39 is 0 Å². The van der Waals surface area contributed by atoms with Crippen molar-refractivity contribution in [2.45, 2.75) is 13.5 Å². The van der Waals surface area contributed by atoms with E-state index in [0.29, 0.717) is 17.9 Å². The summed E-state index contributed by atoms with van der Waals surface area (Å²) < 4.78 is 5.94. The second kappa shape index (κ2) is 9.49. The largest absolute Gasteiger partial charge is 0.488 e. The summed E-state index contributed by atoms with van der Waals surface area (Å²) in [4.78, 5) is 14.9. The van der Waals surface area contributed by atoms with Crippen LogP contribution in [-0.2, 0) is 6.61 Å². The van der Waals surface area contributed by atoms with Crippen molar-refractivity contribution in [2.24, 2.45) is 5.10 Å². The molecule has 0 radical (unpaired) electrons. The molecule has 4 rings (SSSR count). The molecule has 0 aliphatic rings. The van der Waals surface area contributed by atoms with E-state index in [1.807, 2.05) is 54.6 Å². The molecule has 2 N–H and O–H groups in total. The van der Waals surface area contributed by atoms with Gasteiger partial charge in [-0.05, 0) is 24.6 Å². The van der Waals surface area contributed by atoms with Gasteiger partial charge in [0.25, 0.3) is 5.56 Å². The van der Waals surface area contributed by atoms with Crippen LogP contribution in [0.25, 0.3) is 11.3 Å². The number of aromatic amines is 1. The Kier molecular flexibility index (Phi) is 6.13. The van der Waals surface area contributed by atoms with Crippen molar-refractivity contribution in [1.29, 1.82) is 0 Å². The number of hydrazone groups is 1. The van der Waals surface area contributed by atoms with Gasteiger partial charge < -0.3 is 4.74 Å². The molecule has 1 aromatic heterocycles. The van der Waals surface area contributed by atoms with Crippen LogP contribution < -0.4 is 15.7 Å². The number of para-hydroxylation sites is 1. The highest BCUT2D eigenvalue weighted by Gasteiger charge is 2.07. The fourth-order valence-electron chi connectivity index (χ4n) is 2.90. The molecule has 7 nitrogen and oxygen atoms in total. The first-order valence-electron chi connectivity index (χ1n) is 9.78. The van der Waals surface area contributed by atoms with E-state index in [0.717, 1.165) is 11.1 Å². The number of rotatable bonds is 7. The van der Waals surface area contributed by atoms with Gasteiger partial charge in [-0.2, -0.15) is 5.10 Å². The normalized spacial score (nSPS) is 10.9. The molecule has 0 saturated carbocycles. The van der Waals surface area contributed by atoms with Crippen molar-refractivity contribution in [3.63, 3.8) is 0 Å². The Morgan fingerprint density at radius 3 is 2.48 bits per heavy atom. The van der Waals surface area contributed by atoms with Gasteiger partial charge >= 0.3 is 0 Å². The predicted octanol–water partition coefficient (Wildman–Crippen LogP) is 4.17. The minimum absolute atomic E-state index is 0.152. The van der Waals surface area contributed by atoms with Crippen LogP contribution in [0.15, 0.2) is 88.8 Å². The zero-order valence-electron chi connectivity index (χ0n) is 16.9. The van der Waals surface area contributed by atoms with E-state index in [9.17, 15) is 4.79 Å². The summed E-state index contributed by atoms with van der Waals surface area (Å²) in [5.74, 6) is 0.853. The maximum atomic E-state index is 12.3. The van der Waals surface area contributed by atoms with Gasteiger partial charge in [0.1, 0.15) is 12.4 Å². The number of hydrogen-bond donors (Lipinski definition) is 2. The van der Waals surface area contributed by atoms with Crippen molar-refractivity contribution in [1.82, 2.24) is 15.2 Å². The molecule has 1 heterocycles. The Hall–Kier alpha value is -4.26. The highest BCUT2D eigenvalue weighted by Crippen LogP contribution is 2.18. The fraction of sp³-hybridized carbons (Fsp3) is 0.0833. The van der Waals surface area contributed by atoms with Gasteiger partial charge in [-0.3, -0.25) is 9.78 Å². The Labute approximate surface area is 179 Å². The van der Waals surface area contributed by atoms with Gasteiger partial charge in [0, 0.05) is 11.1 Å². The number of hydrogen-bond acceptors (Lipinski definition) is 6. The fourth-order valence-corrected chi connectivity index (χ4v) is 2.90. The van der Waals surface area contributed by atoms with Crippen LogP contribution in [0.2, 0.25) is 0 Å². The minimum Gasteiger partial charge on any atom is -0.488 e. The first-order valence-corrected chi connectivity index (χ1v) is 9.78. The van der Waals surface area contributed by atoms with Crippen LogP contribution in [0.4, 0.5) is 5.95 Å². The van der Waals surface area contributed by atoms with Crippen molar-refractivity contribution in [3.05, 3.63) is 106 Å². The van der Waals surface area contributed by atoms with Crippen LogP contribution in [0.3, 0.4) is 0 Å². The van der Waals surface area contributed by atoms with E-state index in [2.05, 4.69) is 44.8 Å². The minimum atomic E-state index is -0.347. The van der Waals surface area contributed by atoms with Crippen molar-refractivity contribution < 1.29 is 4.74 Å². The number of benzene rings is 3. The molecule has 0 fully saturated rings. The van der Waals surface area contributed by atoms with Gasteiger partial charge in [-0.15, -0.1) is 10.2 Å². The van der Waals surface area contributed by atoms with Gasteiger partial charge in [0.05, 0.1) is 6.21 Å². The van der Waals surface area contributed by atoms with Crippen molar-refractivity contribution in [3.8, 4) is 17.0 Å². The molecule has 0 aliphatic heterocycles. The van der Waals surface area contributed by atoms with E-state index in [1.165, 1.54) is 5.56 Å². The zero-order valence-corrected chi connectivity index (χ0v) is 16.9. The third-order valence-electron chi connectivity index (χ3n) is 4.55. The third kappa shape index (κ3) is 5.22. The standard InChI is InChI=1S/C24H21N5O2/c1-17-11-13-18(14-12-17)16-31-21-10-6-5-9-20(21)15-25-28-24-26-23(30)22(27-29-24)19-7-3-2-4-8-19/h2-15H,16H2,1H3,(H2,26,28,29,30)/b25-15+. The molecule has 0 amide bonds.